The van der Waals surface area contributed by atoms with Crippen LogP contribution in [0.4, 0.5) is 10.6 Å². The van der Waals surface area contributed by atoms with Crippen LogP contribution in [-0.2, 0) is 4.74 Å². The molecule has 0 spiro atoms. The molecule has 7 nitrogen and oxygen atoms in total. The van der Waals surface area contributed by atoms with Gasteiger partial charge in [-0.05, 0) is 52.2 Å². The lowest BCUT2D eigenvalue weighted by molar-refractivity contribution is 0.0108. The summed E-state index contributed by atoms with van der Waals surface area (Å²) in [4.78, 5) is 25.9. The molecule has 0 bridgehead atoms. The number of likely N-dealkylation sites (N-methyl/N-ethyl adjacent to an activating group) is 1. The highest BCUT2D eigenvalue weighted by Gasteiger charge is 2.31. The summed E-state index contributed by atoms with van der Waals surface area (Å²) in [5.41, 5.74) is 1.11. The van der Waals surface area contributed by atoms with Crippen molar-refractivity contribution in [1.29, 1.82) is 0 Å². The molecule has 1 fully saturated rings. The van der Waals surface area contributed by atoms with Gasteiger partial charge < -0.3 is 19.3 Å². The molecule has 0 unspecified atom stereocenters. The number of para-hydroxylation sites is 2. The molecule has 0 aliphatic carbocycles. The summed E-state index contributed by atoms with van der Waals surface area (Å²) >= 11 is 0. The summed E-state index contributed by atoms with van der Waals surface area (Å²) < 4.78 is 11.1. The Hall–Kier alpha value is -2.57. The van der Waals surface area contributed by atoms with Gasteiger partial charge in [0.2, 0.25) is 0 Å². The number of piperidine rings is 1. The molecule has 0 saturated carbocycles. The number of fused-ring (bicyclic) bond motifs is 1. The number of carbonyl (C=O) groups is 1. The normalized spacial score (nSPS) is 17.5. The Balaban J connectivity index is 1.81. The molecule has 0 radical (unpaired) electrons. The average Bonchev–Trinajstić information content (AvgIpc) is 2.65. The zero-order valence-corrected chi connectivity index (χ0v) is 17.4. The molecule has 1 aliphatic heterocycles. The standard InChI is InChI=1S/C21H30N4O3/c1-21(2,3)28-20(26)25-13-9-8-10-15(25)14-24(4)18-19(27-5)23-17-12-7-6-11-16(17)22-18/h6-7,11-12,15H,8-10,13-14H2,1-5H3/t15-/m1/s1. The Kier molecular flexibility index (Phi) is 5.91. The predicted octanol–water partition coefficient (Wildman–Crippen LogP) is 3.86. The van der Waals surface area contributed by atoms with E-state index in [1.54, 1.807) is 7.11 Å². The van der Waals surface area contributed by atoms with Crippen molar-refractivity contribution in [3.8, 4) is 5.88 Å². The monoisotopic (exact) mass is 386 g/mol. The number of methoxy groups -OCH3 is 1. The maximum absolute atomic E-state index is 12.7. The maximum Gasteiger partial charge on any atom is 0.410 e. The average molecular weight is 386 g/mol. The third kappa shape index (κ3) is 4.64. The van der Waals surface area contributed by atoms with Crippen molar-refractivity contribution >= 4 is 22.9 Å². The number of hydrogen-bond donors (Lipinski definition) is 0. The number of ether oxygens (including phenoxy) is 2. The van der Waals surface area contributed by atoms with Crippen LogP contribution in [-0.4, -0.2) is 59.9 Å². The zero-order chi connectivity index (χ0) is 20.3. The molecule has 3 rings (SSSR count). The summed E-state index contributed by atoms with van der Waals surface area (Å²) in [5, 5.41) is 0. The van der Waals surface area contributed by atoms with Gasteiger partial charge in [-0.15, -0.1) is 0 Å². The molecule has 2 heterocycles. The third-order valence-corrected chi connectivity index (χ3v) is 4.82. The van der Waals surface area contributed by atoms with E-state index in [1.165, 1.54) is 0 Å². The van der Waals surface area contributed by atoms with E-state index in [2.05, 4.69) is 4.98 Å². The van der Waals surface area contributed by atoms with Crippen LogP contribution in [0, 0.1) is 0 Å². The highest BCUT2D eigenvalue weighted by molar-refractivity contribution is 5.77. The van der Waals surface area contributed by atoms with Crippen LogP contribution in [0.1, 0.15) is 40.0 Å². The fourth-order valence-electron chi connectivity index (χ4n) is 3.51. The van der Waals surface area contributed by atoms with E-state index < -0.39 is 5.60 Å². The van der Waals surface area contributed by atoms with Gasteiger partial charge in [-0.25, -0.2) is 14.8 Å². The molecule has 152 valence electrons. The van der Waals surface area contributed by atoms with Crippen LogP contribution >= 0.6 is 0 Å². The number of anilines is 1. The molecular formula is C21H30N4O3. The first-order valence-corrected chi connectivity index (χ1v) is 9.80. The molecule has 7 heteroatoms. The zero-order valence-electron chi connectivity index (χ0n) is 17.4. The molecule has 2 aromatic rings. The Morgan fingerprint density at radius 3 is 2.54 bits per heavy atom. The van der Waals surface area contributed by atoms with Gasteiger partial charge in [-0.3, -0.25) is 0 Å². The van der Waals surface area contributed by atoms with Crippen molar-refractivity contribution in [3.05, 3.63) is 24.3 Å². The van der Waals surface area contributed by atoms with Crippen LogP contribution < -0.4 is 9.64 Å². The highest BCUT2D eigenvalue weighted by atomic mass is 16.6. The third-order valence-electron chi connectivity index (χ3n) is 4.82. The van der Waals surface area contributed by atoms with Gasteiger partial charge in [0.1, 0.15) is 5.60 Å². The minimum Gasteiger partial charge on any atom is -0.478 e. The van der Waals surface area contributed by atoms with E-state index in [9.17, 15) is 4.79 Å². The Morgan fingerprint density at radius 2 is 1.89 bits per heavy atom. The number of rotatable bonds is 4. The minimum atomic E-state index is -0.502. The number of carbonyl (C=O) groups excluding carboxylic acids is 1. The van der Waals surface area contributed by atoms with Crippen LogP contribution in [0.3, 0.4) is 0 Å². The van der Waals surface area contributed by atoms with E-state index in [0.29, 0.717) is 24.8 Å². The second kappa shape index (κ2) is 8.20. The maximum atomic E-state index is 12.7. The summed E-state index contributed by atoms with van der Waals surface area (Å²) in [6.45, 7) is 7.04. The van der Waals surface area contributed by atoms with E-state index in [1.807, 2.05) is 61.9 Å². The van der Waals surface area contributed by atoms with Crippen molar-refractivity contribution in [2.45, 2.75) is 51.7 Å². The lowest BCUT2D eigenvalue weighted by atomic mass is 10.0. The van der Waals surface area contributed by atoms with Gasteiger partial charge in [-0.1, -0.05) is 12.1 Å². The van der Waals surface area contributed by atoms with Crippen LogP contribution in [0.5, 0.6) is 5.88 Å². The van der Waals surface area contributed by atoms with Gasteiger partial charge >= 0.3 is 6.09 Å². The fraction of sp³-hybridized carbons (Fsp3) is 0.571. The van der Waals surface area contributed by atoms with E-state index in [4.69, 9.17) is 14.5 Å². The van der Waals surface area contributed by atoms with Gasteiger partial charge in [0.15, 0.2) is 5.82 Å². The fourth-order valence-corrected chi connectivity index (χ4v) is 3.51. The highest BCUT2D eigenvalue weighted by Crippen LogP contribution is 2.28. The first-order chi connectivity index (χ1) is 13.3. The minimum absolute atomic E-state index is 0.0616. The van der Waals surface area contributed by atoms with Crippen LogP contribution in [0.25, 0.3) is 11.0 Å². The first kappa shape index (κ1) is 20.2. The molecule has 1 saturated heterocycles. The number of aromatic nitrogens is 2. The van der Waals surface area contributed by atoms with Crippen molar-refractivity contribution in [3.63, 3.8) is 0 Å². The van der Waals surface area contributed by atoms with Crippen molar-refractivity contribution in [2.24, 2.45) is 0 Å². The Morgan fingerprint density at radius 1 is 1.21 bits per heavy atom. The molecule has 1 aliphatic rings. The quantitative estimate of drug-likeness (QED) is 0.795. The molecule has 28 heavy (non-hydrogen) atoms. The summed E-state index contributed by atoms with van der Waals surface area (Å²) in [6, 6.07) is 7.79. The van der Waals surface area contributed by atoms with Crippen LogP contribution in [0.2, 0.25) is 0 Å². The van der Waals surface area contributed by atoms with Gasteiger partial charge in [-0.2, -0.15) is 0 Å². The number of hydrogen-bond acceptors (Lipinski definition) is 6. The summed E-state index contributed by atoms with van der Waals surface area (Å²) in [6.07, 6.45) is 2.78. The van der Waals surface area contributed by atoms with E-state index >= 15 is 0 Å². The summed E-state index contributed by atoms with van der Waals surface area (Å²) in [5.74, 6) is 1.16. The second-order valence-electron chi connectivity index (χ2n) is 8.25. The first-order valence-electron chi connectivity index (χ1n) is 9.80. The lowest BCUT2D eigenvalue weighted by Gasteiger charge is -2.38. The molecule has 0 N–H and O–H groups in total. The molecule has 1 aromatic carbocycles. The molecule has 1 aromatic heterocycles. The van der Waals surface area contributed by atoms with Crippen molar-refractivity contribution in [1.82, 2.24) is 14.9 Å². The topological polar surface area (TPSA) is 67.8 Å². The number of amides is 1. The molecule has 1 amide bonds. The van der Waals surface area contributed by atoms with Crippen molar-refractivity contribution < 1.29 is 14.3 Å². The lowest BCUT2D eigenvalue weighted by Crippen LogP contribution is -2.50. The Labute approximate surface area is 166 Å². The molecular weight excluding hydrogens is 356 g/mol. The SMILES string of the molecule is COc1nc2ccccc2nc1N(C)C[C@H]1CCCCN1C(=O)OC(C)(C)C. The van der Waals surface area contributed by atoms with Crippen molar-refractivity contribution in [2.75, 3.05) is 32.1 Å². The second-order valence-corrected chi connectivity index (χ2v) is 8.25. The number of benzene rings is 1. The van der Waals surface area contributed by atoms with E-state index in [-0.39, 0.29) is 12.1 Å². The number of likely N-dealkylation sites (tertiary alicyclic amines) is 1. The number of nitrogens with zero attached hydrogens (tertiary/aromatic N) is 4. The Bertz CT molecular complexity index is 834. The van der Waals surface area contributed by atoms with E-state index in [0.717, 1.165) is 30.3 Å². The molecule has 1 atom stereocenters. The van der Waals surface area contributed by atoms with Gasteiger partial charge in [0, 0.05) is 20.1 Å². The predicted molar refractivity (Wildman–Crippen MR) is 110 cm³/mol. The smallest absolute Gasteiger partial charge is 0.410 e. The van der Waals surface area contributed by atoms with Crippen LogP contribution in [0.15, 0.2) is 24.3 Å². The largest absolute Gasteiger partial charge is 0.478 e. The summed E-state index contributed by atoms with van der Waals surface area (Å²) in [7, 11) is 3.56. The van der Waals surface area contributed by atoms with Gasteiger partial charge in [0.25, 0.3) is 5.88 Å². The van der Waals surface area contributed by atoms with Gasteiger partial charge in [0.05, 0.1) is 24.2 Å².